The smallest absolute Gasteiger partial charge is 0.322 e. The topological polar surface area (TPSA) is 70.6 Å². The summed E-state index contributed by atoms with van der Waals surface area (Å²) in [6, 6.07) is 4.58. The Morgan fingerprint density at radius 2 is 2.17 bits per heavy atom. The molecule has 2 rings (SSSR count). The van der Waals surface area contributed by atoms with E-state index in [0.717, 1.165) is 5.56 Å². The molecule has 1 fully saturated rings. The number of hydrogen-bond donors (Lipinski definition) is 3. The lowest BCUT2D eigenvalue weighted by Gasteiger charge is -2.20. The van der Waals surface area contributed by atoms with Crippen LogP contribution in [0.2, 0.25) is 5.02 Å². The number of methoxy groups -OCH3 is 1. The maximum absolute atomic E-state index is 11.2. The normalized spacial score (nSPS) is 27.2. The fourth-order valence-corrected chi connectivity index (χ4v) is 2.56. The monoisotopic (exact) mass is 270 g/mol. The molecule has 0 spiro atoms. The third-order valence-corrected chi connectivity index (χ3v) is 3.52. The number of hydrogen-bond acceptors (Lipinski definition) is 4. The second-order valence-electron chi connectivity index (χ2n) is 4.31. The molecule has 3 unspecified atom stereocenters. The maximum Gasteiger partial charge on any atom is 0.322 e. The Hall–Kier alpha value is -1.30. The zero-order valence-electron chi connectivity index (χ0n) is 10.1. The lowest BCUT2D eigenvalue weighted by atomic mass is 9.88. The first-order chi connectivity index (χ1) is 8.54. The Morgan fingerprint density at radius 3 is 2.72 bits per heavy atom. The van der Waals surface area contributed by atoms with Crippen molar-refractivity contribution in [1.82, 2.24) is 10.9 Å². The fraction of sp³-hybridized carbons (Fsp3) is 0.417. The second kappa shape index (κ2) is 5.14. The minimum absolute atomic E-state index is 0.0167. The van der Waals surface area contributed by atoms with E-state index >= 15 is 0 Å². The van der Waals surface area contributed by atoms with Gasteiger partial charge in [-0.2, -0.15) is 0 Å². The van der Waals surface area contributed by atoms with Crippen LogP contribution >= 0.6 is 11.6 Å². The van der Waals surface area contributed by atoms with Crippen LogP contribution in [0.5, 0.6) is 5.75 Å². The minimum atomic E-state index is -0.899. The summed E-state index contributed by atoms with van der Waals surface area (Å²) in [4.78, 5) is 11.2. The van der Waals surface area contributed by atoms with E-state index in [4.69, 9.17) is 16.3 Å². The summed E-state index contributed by atoms with van der Waals surface area (Å²) in [5, 5.41) is 9.70. The number of benzene rings is 1. The van der Waals surface area contributed by atoms with Gasteiger partial charge in [0.05, 0.1) is 7.11 Å². The first kappa shape index (κ1) is 13.1. The van der Waals surface area contributed by atoms with Gasteiger partial charge in [-0.25, -0.2) is 5.43 Å². The molecule has 3 N–H and O–H groups in total. The van der Waals surface area contributed by atoms with Crippen molar-refractivity contribution in [2.75, 3.05) is 7.11 Å². The van der Waals surface area contributed by atoms with Crippen LogP contribution in [-0.2, 0) is 4.79 Å². The molecule has 6 heteroatoms. The number of aliphatic carboxylic acids is 1. The van der Waals surface area contributed by atoms with Crippen LogP contribution in [0.4, 0.5) is 0 Å². The van der Waals surface area contributed by atoms with E-state index in [1.807, 2.05) is 13.0 Å². The van der Waals surface area contributed by atoms with E-state index in [1.54, 1.807) is 19.2 Å². The summed E-state index contributed by atoms with van der Waals surface area (Å²) in [5.41, 5.74) is 6.51. The summed E-state index contributed by atoms with van der Waals surface area (Å²) in [5.74, 6) is -0.466. The summed E-state index contributed by atoms with van der Waals surface area (Å²) >= 11 is 6.20. The number of rotatable bonds is 3. The van der Waals surface area contributed by atoms with Crippen molar-refractivity contribution in [3.8, 4) is 5.75 Å². The van der Waals surface area contributed by atoms with Crippen molar-refractivity contribution >= 4 is 17.6 Å². The molecule has 0 amide bonds. The van der Waals surface area contributed by atoms with Gasteiger partial charge in [-0.3, -0.25) is 10.2 Å². The van der Waals surface area contributed by atoms with Gasteiger partial charge in [0.2, 0.25) is 0 Å². The molecule has 1 aliphatic heterocycles. The van der Waals surface area contributed by atoms with Crippen molar-refractivity contribution in [1.29, 1.82) is 0 Å². The number of hydrazine groups is 1. The molecule has 1 saturated heterocycles. The number of carboxylic acid groups (broad SMARTS) is 1. The molecular formula is C12H15ClN2O3. The Bertz CT molecular complexity index is 467. The average Bonchev–Trinajstić information content (AvgIpc) is 2.71. The van der Waals surface area contributed by atoms with E-state index in [1.165, 1.54) is 0 Å². The molecule has 1 aromatic carbocycles. The van der Waals surface area contributed by atoms with Crippen molar-refractivity contribution in [2.24, 2.45) is 0 Å². The number of nitrogens with one attached hydrogen (secondary N) is 2. The van der Waals surface area contributed by atoms with Crippen LogP contribution in [0, 0.1) is 0 Å². The van der Waals surface area contributed by atoms with Gasteiger partial charge in [0.15, 0.2) is 0 Å². The first-order valence-corrected chi connectivity index (χ1v) is 5.99. The van der Waals surface area contributed by atoms with E-state index in [0.29, 0.717) is 10.8 Å². The van der Waals surface area contributed by atoms with Crippen molar-refractivity contribution < 1.29 is 14.6 Å². The number of carbonyl (C=O) groups is 1. The Balaban J connectivity index is 2.37. The largest absolute Gasteiger partial charge is 0.497 e. The van der Waals surface area contributed by atoms with Gasteiger partial charge in [-0.15, -0.1) is 0 Å². The molecular weight excluding hydrogens is 256 g/mol. The molecule has 1 heterocycles. The predicted molar refractivity (Wildman–Crippen MR) is 67.9 cm³/mol. The number of ether oxygens (including phenoxy) is 1. The Labute approximate surface area is 110 Å². The Morgan fingerprint density at radius 1 is 1.44 bits per heavy atom. The second-order valence-corrected chi connectivity index (χ2v) is 4.71. The SMILES string of the molecule is COc1ccc(C2C(C)NNC2C(=O)O)c(Cl)c1. The highest BCUT2D eigenvalue weighted by atomic mass is 35.5. The fourth-order valence-electron chi connectivity index (χ4n) is 2.26. The standard InChI is InChI=1S/C12H15ClN2O3/c1-6-10(11(12(16)17)15-14-6)8-4-3-7(18-2)5-9(8)13/h3-6,10-11,14-15H,1-2H3,(H,16,17). The lowest BCUT2D eigenvalue weighted by molar-refractivity contribution is -0.139. The van der Waals surface area contributed by atoms with E-state index in [9.17, 15) is 9.90 Å². The van der Waals surface area contributed by atoms with Crippen molar-refractivity contribution in [3.05, 3.63) is 28.8 Å². The molecule has 18 heavy (non-hydrogen) atoms. The number of halogens is 1. The first-order valence-electron chi connectivity index (χ1n) is 5.62. The molecule has 0 bridgehead atoms. The summed E-state index contributed by atoms with van der Waals surface area (Å²) in [7, 11) is 1.56. The maximum atomic E-state index is 11.2. The summed E-state index contributed by atoms with van der Waals surface area (Å²) in [6.45, 7) is 1.92. The molecule has 98 valence electrons. The van der Waals surface area contributed by atoms with Gasteiger partial charge < -0.3 is 9.84 Å². The average molecular weight is 271 g/mol. The number of carboxylic acids is 1. The molecule has 0 saturated carbocycles. The van der Waals surface area contributed by atoms with Crippen molar-refractivity contribution in [3.63, 3.8) is 0 Å². The van der Waals surface area contributed by atoms with Gasteiger partial charge in [0.1, 0.15) is 11.8 Å². The summed E-state index contributed by atoms with van der Waals surface area (Å²) in [6.07, 6.45) is 0. The summed E-state index contributed by atoms with van der Waals surface area (Å²) < 4.78 is 5.08. The van der Waals surface area contributed by atoms with Crippen molar-refractivity contribution in [2.45, 2.75) is 24.9 Å². The third kappa shape index (κ3) is 2.29. The minimum Gasteiger partial charge on any atom is -0.497 e. The zero-order valence-corrected chi connectivity index (χ0v) is 10.9. The van der Waals surface area contributed by atoms with E-state index < -0.39 is 12.0 Å². The van der Waals surface area contributed by atoms with Crippen LogP contribution in [0.25, 0.3) is 0 Å². The van der Waals surface area contributed by atoms with Crippen LogP contribution in [0.15, 0.2) is 18.2 Å². The quantitative estimate of drug-likeness (QED) is 0.774. The highest BCUT2D eigenvalue weighted by molar-refractivity contribution is 6.31. The van der Waals surface area contributed by atoms with Crippen LogP contribution in [0.1, 0.15) is 18.4 Å². The molecule has 5 nitrogen and oxygen atoms in total. The van der Waals surface area contributed by atoms with Gasteiger partial charge in [0.25, 0.3) is 0 Å². The van der Waals surface area contributed by atoms with Gasteiger partial charge in [-0.05, 0) is 24.6 Å². The molecule has 1 aliphatic rings. The zero-order chi connectivity index (χ0) is 13.3. The molecule has 0 aliphatic carbocycles. The van der Waals surface area contributed by atoms with E-state index in [-0.39, 0.29) is 12.0 Å². The predicted octanol–water partition coefficient (Wildman–Crippen LogP) is 1.38. The highest BCUT2D eigenvalue weighted by Gasteiger charge is 2.39. The van der Waals surface area contributed by atoms with Gasteiger partial charge in [0, 0.05) is 17.0 Å². The molecule has 1 aromatic rings. The lowest BCUT2D eigenvalue weighted by Crippen LogP contribution is -2.38. The van der Waals surface area contributed by atoms with Crippen LogP contribution in [0.3, 0.4) is 0 Å². The van der Waals surface area contributed by atoms with Gasteiger partial charge in [-0.1, -0.05) is 17.7 Å². The van der Waals surface area contributed by atoms with E-state index in [2.05, 4.69) is 10.9 Å². The molecule has 0 aromatic heterocycles. The van der Waals surface area contributed by atoms with Crippen LogP contribution < -0.4 is 15.6 Å². The molecule has 0 radical (unpaired) electrons. The molecule has 3 atom stereocenters. The third-order valence-electron chi connectivity index (χ3n) is 3.20. The van der Waals surface area contributed by atoms with Gasteiger partial charge >= 0.3 is 5.97 Å². The Kier molecular flexibility index (Phi) is 3.75. The van der Waals surface area contributed by atoms with Crippen LogP contribution in [-0.4, -0.2) is 30.3 Å². The highest BCUT2D eigenvalue weighted by Crippen LogP contribution is 2.34.